The summed E-state index contributed by atoms with van der Waals surface area (Å²) in [6, 6.07) is 7.98. The summed E-state index contributed by atoms with van der Waals surface area (Å²) < 4.78 is 5.10. The zero-order valence-corrected chi connectivity index (χ0v) is 12.5. The number of anilines is 1. The largest absolute Gasteiger partial charge is 0.462 e. The van der Waals surface area contributed by atoms with Gasteiger partial charge >= 0.3 is 5.97 Å². The van der Waals surface area contributed by atoms with Gasteiger partial charge in [0.25, 0.3) is 0 Å². The van der Waals surface area contributed by atoms with E-state index >= 15 is 0 Å². The molecule has 0 radical (unpaired) electrons. The van der Waals surface area contributed by atoms with Crippen LogP contribution in [-0.4, -0.2) is 22.5 Å². The van der Waals surface area contributed by atoms with Crippen molar-refractivity contribution in [3.8, 4) is 0 Å². The fraction of sp³-hybridized carbons (Fsp3) is 0.312. The molecule has 0 aliphatic rings. The van der Waals surface area contributed by atoms with Crippen LogP contribution in [-0.2, 0) is 11.2 Å². The van der Waals surface area contributed by atoms with Gasteiger partial charge in [-0.25, -0.2) is 14.8 Å². The molecule has 1 heterocycles. The van der Waals surface area contributed by atoms with E-state index in [4.69, 9.17) is 10.5 Å². The van der Waals surface area contributed by atoms with Gasteiger partial charge in [0.2, 0.25) is 5.95 Å². The van der Waals surface area contributed by atoms with Crippen molar-refractivity contribution in [3.05, 3.63) is 52.3 Å². The van der Waals surface area contributed by atoms with Crippen LogP contribution in [0, 0.1) is 13.8 Å². The summed E-state index contributed by atoms with van der Waals surface area (Å²) in [6.07, 6.45) is 0.522. The molecule has 1 aromatic heterocycles. The van der Waals surface area contributed by atoms with E-state index in [1.54, 1.807) is 13.8 Å². The van der Waals surface area contributed by atoms with E-state index in [9.17, 15) is 4.79 Å². The van der Waals surface area contributed by atoms with E-state index in [1.807, 2.05) is 31.2 Å². The van der Waals surface area contributed by atoms with Gasteiger partial charge in [-0.2, -0.15) is 0 Å². The first-order chi connectivity index (χ1) is 10.0. The fourth-order valence-electron chi connectivity index (χ4n) is 2.24. The molecular formula is C16H19N3O2. The molecule has 0 spiro atoms. The molecule has 110 valence electrons. The number of carbonyl (C=O) groups excluding carboxylic acids is 1. The Hall–Kier alpha value is -2.43. The maximum absolute atomic E-state index is 12.1. The molecule has 2 aromatic rings. The lowest BCUT2D eigenvalue weighted by Crippen LogP contribution is -2.15. The number of benzene rings is 1. The quantitative estimate of drug-likeness (QED) is 0.873. The highest BCUT2D eigenvalue weighted by atomic mass is 16.5. The number of nitrogens with zero attached hydrogens (tertiary/aromatic N) is 2. The number of hydrogen-bond acceptors (Lipinski definition) is 5. The van der Waals surface area contributed by atoms with Crippen molar-refractivity contribution in [1.29, 1.82) is 0 Å². The summed E-state index contributed by atoms with van der Waals surface area (Å²) in [4.78, 5) is 20.4. The lowest BCUT2D eigenvalue weighted by Gasteiger charge is -2.12. The second-order valence-electron chi connectivity index (χ2n) is 4.81. The van der Waals surface area contributed by atoms with Gasteiger partial charge in [-0.15, -0.1) is 0 Å². The zero-order chi connectivity index (χ0) is 15.4. The van der Waals surface area contributed by atoms with Gasteiger partial charge in [-0.05, 0) is 31.9 Å². The van der Waals surface area contributed by atoms with Crippen LogP contribution in [0.1, 0.15) is 39.8 Å². The molecule has 0 aliphatic heterocycles. The van der Waals surface area contributed by atoms with Crippen LogP contribution in [0.15, 0.2) is 24.3 Å². The summed E-state index contributed by atoms with van der Waals surface area (Å²) in [5.74, 6) is -0.234. The predicted molar refractivity (Wildman–Crippen MR) is 81.1 cm³/mol. The van der Waals surface area contributed by atoms with Gasteiger partial charge in [0.15, 0.2) is 0 Å². The van der Waals surface area contributed by atoms with Crippen molar-refractivity contribution < 1.29 is 9.53 Å². The average molecular weight is 285 g/mol. The number of carbonyl (C=O) groups is 1. The minimum atomic E-state index is -0.404. The third-order valence-corrected chi connectivity index (χ3v) is 3.28. The number of ether oxygens (including phenoxy) is 1. The molecule has 0 saturated heterocycles. The van der Waals surface area contributed by atoms with Crippen molar-refractivity contribution in [2.75, 3.05) is 12.3 Å². The fourth-order valence-corrected chi connectivity index (χ4v) is 2.24. The molecule has 5 heteroatoms. The highest BCUT2D eigenvalue weighted by Crippen LogP contribution is 2.19. The minimum Gasteiger partial charge on any atom is -0.462 e. The van der Waals surface area contributed by atoms with E-state index in [1.165, 1.54) is 0 Å². The monoisotopic (exact) mass is 285 g/mol. The topological polar surface area (TPSA) is 78.1 Å². The Morgan fingerprint density at radius 3 is 2.62 bits per heavy atom. The van der Waals surface area contributed by atoms with E-state index < -0.39 is 5.97 Å². The Bertz CT molecular complexity index is 669. The Kier molecular flexibility index (Phi) is 4.52. The highest BCUT2D eigenvalue weighted by Gasteiger charge is 2.19. The second kappa shape index (κ2) is 6.35. The van der Waals surface area contributed by atoms with Crippen molar-refractivity contribution in [2.45, 2.75) is 27.2 Å². The second-order valence-corrected chi connectivity index (χ2v) is 4.81. The molecule has 0 atom stereocenters. The summed E-state index contributed by atoms with van der Waals surface area (Å²) in [7, 11) is 0. The van der Waals surface area contributed by atoms with Gasteiger partial charge in [0.1, 0.15) is 5.56 Å². The average Bonchev–Trinajstić information content (AvgIpc) is 2.41. The summed E-state index contributed by atoms with van der Waals surface area (Å²) in [5.41, 5.74) is 9.52. The van der Waals surface area contributed by atoms with Gasteiger partial charge < -0.3 is 10.5 Å². The maximum Gasteiger partial charge on any atom is 0.341 e. The third kappa shape index (κ3) is 3.37. The summed E-state index contributed by atoms with van der Waals surface area (Å²) >= 11 is 0. The van der Waals surface area contributed by atoms with E-state index in [0.29, 0.717) is 30.0 Å². The standard InChI is InChI=1S/C16H19N3O2/c1-4-21-15(20)14-11(3)18-16(17)19-13(14)9-12-8-6-5-7-10(12)2/h5-8H,4,9H2,1-3H3,(H2,17,18,19). The number of nitrogen functional groups attached to an aromatic ring is 1. The van der Waals surface area contributed by atoms with Gasteiger partial charge in [0, 0.05) is 6.42 Å². The Labute approximate surface area is 124 Å². The lowest BCUT2D eigenvalue weighted by molar-refractivity contribution is 0.0523. The first-order valence-electron chi connectivity index (χ1n) is 6.87. The summed E-state index contributed by atoms with van der Waals surface area (Å²) in [5, 5.41) is 0. The van der Waals surface area contributed by atoms with Crippen LogP contribution in [0.3, 0.4) is 0 Å². The van der Waals surface area contributed by atoms with Crippen LogP contribution in [0.5, 0.6) is 0 Å². The molecule has 0 saturated carbocycles. The molecule has 0 unspecified atom stereocenters. The molecule has 2 N–H and O–H groups in total. The normalized spacial score (nSPS) is 10.4. The molecule has 2 rings (SSSR count). The number of aryl methyl sites for hydroxylation is 2. The maximum atomic E-state index is 12.1. The molecular weight excluding hydrogens is 266 g/mol. The molecule has 0 fully saturated rings. The van der Waals surface area contributed by atoms with Gasteiger partial charge in [0.05, 0.1) is 18.0 Å². The zero-order valence-electron chi connectivity index (χ0n) is 12.5. The molecule has 21 heavy (non-hydrogen) atoms. The first-order valence-corrected chi connectivity index (χ1v) is 6.87. The highest BCUT2D eigenvalue weighted by molar-refractivity contribution is 5.92. The molecule has 1 aromatic carbocycles. The van der Waals surface area contributed by atoms with Crippen LogP contribution < -0.4 is 5.73 Å². The van der Waals surface area contributed by atoms with Crippen LogP contribution in [0.2, 0.25) is 0 Å². The van der Waals surface area contributed by atoms with Gasteiger partial charge in [-0.3, -0.25) is 0 Å². The van der Waals surface area contributed by atoms with E-state index in [0.717, 1.165) is 11.1 Å². The number of nitrogens with two attached hydrogens (primary N) is 1. The number of aromatic nitrogens is 2. The third-order valence-electron chi connectivity index (χ3n) is 3.28. The van der Waals surface area contributed by atoms with Crippen LogP contribution >= 0.6 is 0 Å². The smallest absolute Gasteiger partial charge is 0.341 e. The lowest BCUT2D eigenvalue weighted by atomic mass is 10.0. The van der Waals surface area contributed by atoms with Crippen molar-refractivity contribution in [1.82, 2.24) is 9.97 Å². The van der Waals surface area contributed by atoms with E-state index in [-0.39, 0.29) is 5.95 Å². The van der Waals surface area contributed by atoms with Gasteiger partial charge in [-0.1, -0.05) is 24.3 Å². The first kappa shape index (κ1) is 15.0. The predicted octanol–water partition coefficient (Wildman–Crippen LogP) is 2.44. The number of rotatable bonds is 4. The molecule has 0 aliphatic carbocycles. The number of esters is 1. The Balaban J connectivity index is 2.47. The van der Waals surface area contributed by atoms with Crippen molar-refractivity contribution >= 4 is 11.9 Å². The van der Waals surface area contributed by atoms with Crippen LogP contribution in [0.4, 0.5) is 5.95 Å². The molecule has 0 bridgehead atoms. The van der Waals surface area contributed by atoms with E-state index in [2.05, 4.69) is 9.97 Å². The minimum absolute atomic E-state index is 0.170. The summed E-state index contributed by atoms with van der Waals surface area (Å²) in [6.45, 7) is 5.85. The molecule has 0 amide bonds. The Morgan fingerprint density at radius 1 is 1.24 bits per heavy atom. The van der Waals surface area contributed by atoms with Crippen molar-refractivity contribution in [2.24, 2.45) is 0 Å². The van der Waals surface area contributed by atoms with Crippen molar-refractivity contribution in [3.63, 3.8) is 0 Å². The Morgan fingerprint density at radius 2 is 1.95 bits per heavy atom. The number of hydrogen-bond donors (Lipinski definition) is 1. The molecule has 5 nitrogen and oxygen atoms in total. The van der Waals surface area contributed by atoms with Crippen LogP contribution in [0.25, 0.3) is 0 Å². The SMILES string of the molecule is CCOC(=O)c1c(C)nc(N)nc1Cc1ccccc1C.